The standard InChI is InChI=1S/C22H26F2N2/c1-22(2,3)14-7-10-20-18(12-14)16(6-4-5-11-25)21(26-20)17-9-8-15(23)13-19(17)24/h7-10,12-13,26H,4-6,11,25H2,1-3H3. The summed E-state index contributed by atoms with van der Waals surface area (Å²) in [5.41, 5.74) is 10.1. The van der Waals surface area contributed by atoms with Gasteiger partial charge in [0, 0.05) is 22.5 Å². The maximum Gasteiger partial charge on any atom is 0.135 e. The molecular weight excluding hydrogens is 330 g/mol. The highest BCUT2D eigenvalue weighted by molar-refractivity contribution is 5.91. The lowest BCUT2D eigenvalue weighted by molar-refractivity contribution is 0.585. The van der Waals surface area contributed by atoms with Gasteiger partial charge in [0.15, 0.2) is 0 Å². The predicted molar refractivity (Wildman–Crippen MR) is 104 cm³/mol. The van der Waals surface area contributed by atoms with Crippen LogP contribution in [0.1, 0.15) is 44.7 Å². The van der Waals surface area contributed by atoms with Gasteiger partial charge in [-0.1, -0.05) is 26.8 Å². The minimum atomic E-state index is -0.568. The second-order valence-corrected chi connectivity index (χ2v) is 7.86. The SMILES string of the molecule is CC(C)(C)c1ccc2[nH]c(-c3ccc(F)cc3F)c(CCCCN)c2c1. The number of aromatic amines is 1. The first kappa shape index (κ1) is 18.6. The molecule has 0 unspecified atom stereocenters. The Bertz CT molecular complexity index is 920. The highest BCUT2D eigenvalue weighted by Crippen LogP contribution is 2.35. The van der Waals surface area contributed by atoms with Gasteiger partial charge in [0.05, 0.1) is 5.69 Å². The lowest BCUT2D eigenvalue weighted by atomic mass is 9.86. The van der Waals surface area contributed by atoms with E-state index in [1.807, 2.05) is 6.07 Å². The average molecular weight is 356 g/mol. The molecule has 0 aliphatic carbocycles. The summed E-state index contributed by atoms with van der Waals surface area (Å²) in [4.78, 5) is 3.35. The van der Waals surface area contributed by atoms with Gasteiger partial charge in [-0.05, 0) is 66.6 Å². The second-order valence-electron chi connectivity index (χ2n) is 7.86. The van der Waals surface area contributed by atoms with E-state index >= 15 is 0 Å². The molecule has 4 heteroatoms. The fraction of sp³-hybridized carbons (Fsp3) is 0.364. The van der Waals surface area contributed by atoms with Crippen LogP contribution in [0.3, 0.4) is 0 Å². The van der Waals surface area contributed by atoms with Crippen LogP contribution >= 0.6 is 0 Å². The molecule has 2 nitrogen and oxygen atoms in total. The number of aryl methyl sites for hydroxylation is 1. The van der Waals surface area contributed by atoms with Crippen LogP contribution in [0.4, 0.5) is 8.78 Å². The van der Waals surface area contributed by atoms with Crippen molar-refractivity contribution in [1.82, 2.24) is 4.98 Å². The third-order valence-corrected chi connectivity index (χ3v) is 4.85. The number of hydrogen-bond acceptors (Lipinski definition) is 1. The molecular formula is C22H26F2N2. The van der Waals surface area contributed by atoms with E-state index in [9.17, 15) is 8.78 Å². The number of hydrogen-bond donors (Lipinski definition) is 2. The van der Waals surface area contributed by atoms with Gasteiger partial charge in [-0.3, -0.25) is 0 Å². The summed E-state index contributed by atoms with van der Waals surface area (Å²) in [5.74, 6) is -1.12. The monoisotopic (exact) mass is 356 g/mol. The Kier molecular flexibility index (Phi) is 5.15. The van der Waals surface area contributed by atoms with E-state index in [1.54, 1.807) is 0 Å². The third kappa shape index (κ3) is 3.65. The Hall–Kier alpha value is -2.20. The summed E-state index contributed by atoms with van der Waals surface area (Å²) in [6, 6.07) is 10.1. The molecule has 3 N–H and O–H groups in total. The summed E-state index contributed by atoms with van der Waals surface area (Å²) in [7, 11) is 0. The molecule has 0 aliphatic rings. The average Bonchev–Trinajstić information content (AvgIpc) is 2.92. The van der Waals surface area contributed by atoms with E-state index in [4.69, 9.17) is 5.73 Å². The first-order valence-electron chi connectivity index (χ1n) is 9.12. The Morgan fingerprint density at radius 3 is 2.42 bits per heavy atom. The predicted octanol–water partition coefficient (Wildman–Crippen LogP) is 5.69. The van der Waals surface area contributed by atoms with Crippen LogP contribution in [0.5, 0.6) is 0 Å². The first-order valence-corrected chi connectivity index (χ1v) is 9.12. The molecule has 0 saturated heterocycles. The van der Waals surface area contributed by atoms with Gasteiger partial charge in [-0.15, -0.1) is 0 Å². The molecule has 0 radical (unpaired) electrons. The minimum Gasteiger partial charge on any atom is -0.354 e. The number of benzene rings is 2. The number of unbranched alkanes of at least 4 members (excludes halogenated alkanes) is 1. The Morgan fingerprint density at radius 2 is 1.77 bits per heavy atom. The maximum atomic E-state index is 14.4. The van der Waals surface area contributed by atoms with Crippen LogP contribution in [0, 0.1) is 11.6 Å². The summed E-state index contributed by atoms with van der Waals surface area (Å²) < 4.78 is 27.8. The van der Waals surface area contributed by atoms with Crippen LogP contribution in [-0.4, -0.2) is 11.5 Å². The Morgan fingerprint density at radius 1 is 1.00 bits per heavy atom. The lowest BCUT2D eigenvalue weighted by Crippen LogP contribution is -2.10. The summed E-state index contributed by atoms with van der Waals surface area (Å²) >= 11 is 0. The smallest absolute Gasteiger partial charge is 0.135 e. The number of aromatic nitrogens is 1. The topological polar surface area (TPSA) is 41.8 Å². The third-order valence-electron chi connectivity index (χ3n) is 4.85. The molecule has 0 spiro atoms. The number of fused-ring (bicyclic) bond motifs is 1. The number of nitrogens with one attached hydrogen (secondary N) is 1. The van der Waals surface area contributed by atoms with Gasteiger partial charge in [0.1, 0.15) is 11.6 Å². The zero-order chi connectivity index (χ0) is 18.9. The van der Waals surface area contributed by atoms with E-state index in [2.05, 4.69) is 37.9 Å². The zero-order valence-corrected chi connectivity index (χ0v) is 15.6. The van der Waals surface area contributed by atoms with Crippen molar-refractivity contribution in [3.05, 3.63) is 59.2 Å². The fourth-order valence-corrected chi connectivity index (χ4v) is 3.34. The minimum absolute atomic E-state index is 0.0290. The lowest BCUT2D eigenvalue weighted by Gasteiger charge is -2.19. The molecule has 0 atom stereocenters. The molecule has 0 fully saturated rings. The van der Waals surface area contributed by atoms with Crippen LogP contribution in [-0.2, 0) is 11.8 Å². The molecule has 2 aromatic carbocycles. The highest BCUT2D eigenvalue weighted by Gasteiger charge is 2.19. The van der Waals surface area contributed by atoms with Crippen molar-refractivity contribution in [2.75, 3.05) is 6.54 Å². The maximum absolute atomic E-state index is 14.4. The largest absolute Gasteiger partial charge is 0.354 e. The van der Waals surface area contributed by atoms with Crippen molar-refractivity contribution in [2.45, 2.75) is 45.4 Å². The second kappa shape index (κ2) is 7.20. The quantitative estimate of drug-likeness (QED) is 0.566. The van der Waals surface area contributed by atoms with E-state index in [0.29, 0.717) is 12.1 Å². The van der Waals surface area contributed by atoms with Crippen molar-refractivity contribution in [3.8, 4) is 11.3 Å². The first-order chi connectivity index (χ1) is 12.3. The van der Waals surface area contributed by atoms with Gasteiger partial charge >= 0.3 is 0 Å². The van der Waals surface area contributed by atoms with E-state index in [0.717, 1.165) is 47.5 Å². The summed E-state index contributed by atoms with van der Waals surface area (Å²) in [6.45, 7) is 7.16. The van der Waals surface area contributed by atoms with Gasteiger partial charge in [0.2, 0.25) is 0 Å². The molecule has 0 aliphatic heterocycles. The van der Waals surface area contributed by atoms with Crippen molar-refractivity contribution in [2.24, 2.45) is 5.73 Å². The molecule has 0 bridgehead atoms. The molecule has 26 heavy (non-hydrogen) atoms. The van der Waals surface area contributed by atoms with E-state index in [-0.39, 0.29) is 5.41 Å². The summed E-state index contributed by atoms with van der Waals surface area (Å²) in [6.07, 6.45) is 2.65. The number of H-pyrrole nitrogens is 1. The van der Waals surface area contributed by atoms with Crippen molar-refractivity contribution >= 4 is 10.9 Å². The van der Waals surface area contributed by atoms with Crippen molar-refractivity contribution in [1.29, 1.82) is 0 Å². The molecule has 138 valence electrons. The summed E-state index contributed by atoms with van der Waals surface area (Å²) in [5, 5.41) is 1.10. The molecule has 3 aromatic rings. The highest BCUT2D eigenvalue weighted by atomic mass is 19.1. The van der Waals surface area contributed by atoms with E-state index < -0.39 is 11.6 Å². The van der Waals surface area contributed by atoms with Gasteiger partial charge in [0.25, 0.3) is 0 Å². The van der Waals surface area contributed by atoms with Crippen molar-refractivity contribution in [3.63, 3.8) is 0 Å². The van der Waals surface area contributed by atoms with Crippen molar-refractivity contribution < 1.29 is 8.78 Å². The Labute approximate surface area is 153 Å². The van der Waals surface area contributed by atoms with Gasteiger partial charge < -0.3 is 10.7 Å². The van der Waals surface area contributed by atoms with E-state index in [1.165, 1.54) is 17.7 Å². The number of halogens is 2. The van der Waals surface area contributed by atoms with Crippen LogP contribution in [0.2, 0.25) is 0 Å². The molecule has 0 amide bonds. The van der Waals surface area contributed by atoms with Crippen LogP contribution in [0.25, 0.3) is 22.2 Å². The van der Waals surface area contributed by atoms with Gasteiger partial charge in [-0.25, -0.2) is 8.78 Å². The zero-order valence-electron chi connectivity index (χ0n) is 15.6. The normalized spacial score (nSPS) is 12.1. The molecule has 0 saturated carbocycles. The van der Waals surface area contributed by atoms with Crippen LogP contribution in [0.15, 0.2) is 36.4 Å². The number of nitrogens with two attached hydrogens (primary N) is 1. The van der Waals surface area contributed by atoms with Gasteiger partial charge in [-0.2, -0.15) is 0 Å². The number of rotatable bonds is 5. The molecule has 1 aromatic heterocycles. The fourth-order valence-electron chi connectivity index (χ4n) is 3.34. The molecule has 3 rings (SSSR count). The molecule has 1 heterocycles. The Balaban J connectivity index is 2.19. The van der Waals surface area contributed by atoms with Crippen LogP contribution < -0.4 is 5.73 Å².